The lowest BCUT2D eigenvalue weighted by molar-refractivity contribution is 0.248. The van der Waals surface area contributed by atoms with E-state index in [4.69, 9.17) is 5.73 Å². The van der Waals surface area contributed by atoms with Gasteiger partial charge in [-0.1, -0.05) is 27.7 Å². The number of imidazole rings is 1. The highest BCUT2D eigenvalue weighted by Gasteiger charge is 2.24. The monoisotopic (exact) mass is 415 g/mol. The molecular formula is C25H45N5. The van der Waals surface area contributed by atoms with Crippen molar-refractivity contribution in [1.29, 1.82) is 0 Å². The zero-order valence-electron chi connectivity index (χ0n) is 20.7. The van der Waals surface area contributed by atoms with Gasteiger partial charge in [0, 0.05) is 49.5 Å². The van der Waals surface area contributed by atoms with Crippen LogP contribution in [0.1, 0.15) is 85.7 Å². The van der Waals surface area contributed by atoms with Gasteiger partial charge in [-0.25, -0.2) is 4.98 Å². The van der Waals surface area contributed by atoms with E-state index in [1.165, 1.54) is 42.2 Å². The molecule has 1 fully saturated rings. The summed E-state index contributed by atoms with van der Waals surface area (Å²) in [4.78, 5) is 11.6. The normalized spacial score (nSPS) is 22.9. The van der Waals surface area contributed by atoms with Crippen LogP contribution >= 0.6 is 0 Å². The van der Waals surface area contributed by atoms with E-state index in [-0.39, 0.29) is 0 Å². The Kier molecular flexibility index (Phi) is 9.14. The quantitative estimate of drug-likeness (QED) is 0.751. The van der Waals surface area contributed by atoms with Crippen LogP contribution in [0.15, 0.2) is 23.0 Å². The fourth-order valence-electron chi connectivity index (χ4n) is 4.38. The number of nitrogens with zero attached hydrogens (tertiary/aromatic N) is 4. The van der Waals surface area contributed by atoms with E-state index >= 15 is 0 Å². The summed E-state index contributed by atoms with van der Waals surface area (Å²) in [6.07, 6.45) is 7.38. The molecular weight excluding hydrogens is 370 g/mol. The van der Waals surface area contributed by atoms with Gasteiger partial charge in [0.25, 0.3) is 0 Å². The van der Waals surface area contributed by atoms with Crippen molar-refractivity contribution >= 4 is 5.71 Å². The minimum atomic E-state index is 0.349. The van der Waals surface area contributed by atoms with Gasteiger partial charge in [-0.05, 0) is 70.6 Å². The van der Waals surface area contributed by atoms with Crippen molar-refractivity contribution in [3.8, 4) is 0 Å². The SMILES string of the molecule is CC(C)N=C1CN(C(C)C)CC/C1=C/N.CC(C)c1ncc2n1CCC(C(C)C)C2. The maximum absolute atomic E-state index is 5.63. The second kappa shape index (κ2) is 11.1. The number of hydrogen-bond acceptors (Lipinski definition) is 4. The number of nitrogens with two attached hydrogens (primary N) is 1. The van der Waals surface area contributed by atoms with Gasteiger partial charge in [0.2, 0.25) is 0 Å². The first-order valence-electron chi connectivity index (χ1n) is 11.9. The van der Waals surface area contributed by atoms with Crippen molar-refractivity contribution in [2.24, 2.45) is 22.6 Å². The van der Waals surface area contributed by atoms with Gasteiger partial charge in [-0.15, -0.1) is 0 Å². The minimum absolute atomic E-state index is 0.349. The van der Waals surface area contributed by atoms with Crippen LogP contribution in [0.3, 0.4) is 0 Å². The molecule has 1 aromatic heterocycles. The van der Waals surface area contributed by atoms with Gasteiger partial charge in [-0.3, -0.25) is 9.89 Å². The Bertz CT molecular complexity index is 724. The summed E-state index contributed by atoms with van der Waals surface area (Å²) in [5.41, 5.74) is 9.47. The summed E-state index contributed by atoms with van der Waals surface area (Å²) >= 11 is 0. The highest BCUT2D eigenvalue weighted by Crippen LogP contribution is 2.29. The third kappa shape index (κ3) is 6.44. The zero-order valence-corrected chi connectivity index (χ0v) is 20.7. The molecule has 1 unspecified atom stereocenters. The molecule has 1 atom stereocenters. The van der Waals surface area contributed by atoms with E-state index < -0.39 is 0 Å². The van der Waals surface area contributed by atoms with E-state index in [1.54, 1.807) is 6.20 Å². The highest BCUT2D eigenvalue weighted by molar-refractivity contribution is 6.02. The summed E-state index contributed by atoms with van der Waals surface area (Å²) in [6, 6.07) is 0.934. The molecule has 0 radical (unpaired) electrons. The van der Waals surface area contributed by atoms with Crippen LogP contribution in [0.4, 0.5) is 0 Å². The van der Waals surface area contributed by atoms with Gasteiger partial charge >= 0.3 is 0 Å². The Balaban J connectivity index is 0.000000214. The van der Waals surface area contributed by atoms with E-state index in [2.05, 4.69) is 81.0 Å². The molecule has 5 heteroatoms. The molecule has 0 aromatic carbocycles. The fraction of sp³-hybridized carbons (Fsp3) is 0.760. The summed E-state index contributed by atoms with van der Waals surface area (Å²) in [6.45, 7) is 21.0. The van der Waals surface area contributed by atoms with Crippen LogP contribution in [0.2, 0.25) is 0 Å². The Morgan fingerprint density at radius 3 is 2.33 bits per heavy atom. The third-order valence-electron chi connectivity index (χ3n) is 6.36. The second-order valence-corrected chi connectivity index (χ2v) is 10.1. The lowest BCUT2D eigenvalue weighted by Crippen LogP contribution is -2.41. The standard InChI is InChI=1S/C13H22N2.C12H23N3/c1-9(2)11-5-6-15-12(7-11)8-14-13(15)10(3)4;1-9(2)14-12-8-15(10(3)4)6-5-11(12)7-13/h8-11H,5-7H2,1-4H3;7,9-10H,5-6,8,13H2,1-4H3/b;11-7-,14-12?. The highest BCUT2D eigenvalue weighted by atomic mass is 15.2. The molecule has 2 aliphatic heterocycles. The number of hydrogen-bond donors (Lipinski definition) is 1. The Morgan fingerprint density at radius 2 is 1.80 bits per heavy atom. The number of piperidine rings is 1. The molecule has 0 bridgehead atoms. The van der Waals surface area contributed by atoms with Gasteiger partial charge in [0.05, 0.1) is 5.71 Å². The average molecular weight is 416 g/mol. The first-order valence-corrected chi connectivity index (χ1v) is 11.9. The lowest BCUT2D eigenvalue weighted by Gasteiger charge is -2.32. The molecule has 0 spiro atoms. The molecule has 2 aliphatic rings. The number of rotatable bonds is 4. The minimum Gasteiger partial charge on any atom is -0.404 e. The predicted molar refractivity (Wildman–Crippen MR) is 129 cm³/mol. The van der Waals surface area contributed by atoms with Crippen molar-refractivity contribution < 1.29 is 0 Å². The predicted octanol–water partition coefficient (Wildman–Crippen LogP) is 5.02. The van der Waals surface area contributed by atoms with Crippen LogP contribution in [-0.4, -0.2) is 45.3 Å². The Labute approximate surface area is 184 Å². The topological polar surface area (TPSA) is 59.4 Å². The van der Waals surface area contributed by atoms with Gasteiger partial charge in [0.15, 0.2) is 0 Å². The summed E-state index contributed by atoms with van der Waals surface area (Å²) < 4.78 is 2.43. The Morgan fingerprint density at radius 1 is 1.10 bits per heavy atom. The zero-order chi connectivity index (χ0) is 22.4. The first kappa shape index (κ1) is 24.6. The van der Waals surface area contributed by atoms with E-state index in [0.717, 1.165) is 31.3 Å². The summed E-state index contributed by atoms with van der Waals surface area (Å²) in [7, 11) is 0. The molecule has 0 amide bonds. The van der Waals surface area contributed by atoms with Crippen LogP contribution in [0.5, 0.6) is 0 Å². The van der Waals surface area contributed by atoms with Crippen LogP contribution < -0.4 is 5.73 Å². The number of aliphatic imine (C=N–C) groups is 1. The summed E-state index contributed by atoms with van der Waals surface area (Å²) in [5, 5.41) is 0. The van der Waals surface area contributed by atoms with Crippen molar-refractivity contribution in [3.63, 3.8) is 0 Å². The van der Waals surface area contributed by atoms with E-state index in [0.29, 0.717) is 18.0 Å². The third-order valence-corrected chi connectivity index (χ3v) is 6.36. The lowest BCUT2D eigenvalue weighted by atomic mass is 9.86. The molecule has 30 heavy (non-hydrogen) atoms. The molecule has 0 aliphatic carbocycles. The Hall–Kier alpha value is -1.62. The second-order valence-electron chi connectivity index (χ2n) is 10.1. The molecule has 1 saturated heterocycles. The van der Waals surface area contributed by atoms with Crippen molar-refractivity contribution in [2.45, 2.75) is 99.2 Å². The maximum Gasteiger partial charge on any atom is 0.111 e. The van der Waals surface area contributed by atoms with Gasteiger partial charge in [-0.2, -0.15) is 0 Å². The van der Waals surface area contributed by atoms with Crippen molar-refractivity contribution in [2.75, 3.05) is 13.1 Å². The molecule has 5 nitrogen and oxygen atoms in total. The summed E-state index contributed by atoms with van der Waals surface area (Å²) in [5.74, 6) is 3.48. The largest absolute Gasteiger partial charge is 0.404 e. The molecule has 3 rings (SSSR count). The molecule has 1 aromatic rings. The van der Waals surface area contributed by atoms with Crippen LogP contribution in [0.25, 0.3) is 0 Å². The molecule has 0 saturated carbocycles. The van der Waals surface area contributed by atoms with Crippen molar-refractivity contribution in [1.82, 2.24) is 14.5 Å². The number of aromatic nitrogens is 2. The average Bonchev–Trinajstić information content (AvgIpc) is 3.11. The van der Waals surface area contributed by atoms with Crippen LogP contribution in [0, 0.1) is 11.8 Å². The van der Waals surface area contributed by atoms with E-state index in [1.807, 2.05) is 0 Å². The first-order chi connectivity index (χ1) is 14.1. The van der Waals surface area contributed by atoms with Gasteiger partial charge in [0.1, 0.15) is 5.82 Å². The maximum atomic E-state index is 5.63. The molecule has 170 valence electrons. The number of likely N-dealkylation sites (tertiary alicyclic amines) is 1. The van der Waals surface area contributed by atoms with Gasteiger partial charge < -0.3 is 10.3 Å². The molecule has 2 N–H and O–H groups in total. The smallest absolute Gasteiger partial charge is 0.111 e. The molecule has 3 heterocycles. The van der Waals surface area contributed by atoms with Crippen LogP contribution in [-0.2, 0) is 13.0 Å². The van der Waals surface area contributed by atoms with Crippen molar-refractivity contribution in [3.05, 3.63) is 29.5 Å². The number of fused-ring (bicyclic) bond motifs is 1. The van der Waals surface area contributed by atoms with E-state index in [9.17, 15) is 0 Å². The fourth-order valence-corrected chi connectivity index (χ4v) is 4.38.